The third kappa shape index (κ3) is 5.02. The number of fused-ring (bicyclic) bond motifs is 1. The van der Waals surface area contributed by atoms with Crippen LogP contribution in [-0.4, -0.2) is 58.5 Å². The average molecular weight is 512 g/mol. The van der Waals surface area contributed by atoms with Crippen LogP contribution in [0.3, 0.4) is 0 Å². The van der Waals surface area contributed by atoms with E-state index >= 15 is 0 Å². The first kappa shape index (κ1) is 25.1. The Morgan fingerprint density at radius 2 is 1.84 bits per heavy atom. The lowest BCUT2D eigenvalue weighted by Gasteiger charge is -2.33. The highest BCUT2D eigenvalue weighted by molar-refractivity contribution is 5.99. The van der Waals surface area contributed by atoms with Crippen molar-refractivity contribution in [2.24, 2.45) is 0 Å². The Labute approximate surface area is 213 Å². The van der Waals surface area contributed by atoms with E-state index in [1.54, 1.807) is 26.0 Å². The van der Waals surface area contributed by atoms with Crippen molar-refractivity contribution in [3.05, 3.63) is 65.1 Å². The quantitative estimate of drug-likeness (QED) is 0.470. The second-order valence-corrected chi connectivity index (χ2v) is 9.87. The molecule has 10 heteroatoms. The van der Waals surface area contributed by atoms with Gasteiger partial charge in [-0.25, -0.2) is 23.7 Å². The van der Waals surface area contributed by atoms with Crippen LogP contribution in [0.2, 0.25) is 0 Å². The number of aromatic nitrogens is 3. The number of hydrogen-bond acceptors (Lipinski definition) is 6. The lowest BCUT2D eigenvalue weighted by atomic mass is 9.90. The van der Waals surface area contributed by atoms with Crippen molar-refractivity contribution >= 4 is 11.6 Å². The molecule has 5 rings (SSSR count). The first-order valence-corrected chi connectivity index (χ1v) is 12.3. The molecule has 1 amide bonds. The number of piperidine rings is 1. The van der Waals surface area contributed by atoms with Gasteiger partial charge in [0.05, 0.1) is 24.0 Å². The summed E-state index contributed by atoms with van der Waals surface area (Å²) in [5, 5.41) is 0. The Hall–Kier alpha value is -3.53. The van der Waals surface area contributed by atoms with E-state index in [1.165, 1.54) is 11.0 Å². The fourth-order valence-electron chi connectivity index (χ4n) is 5.00. The molecule has 1 aromatic carbocycles. The lowest BCUT2D eigenvalue weighted by Crippen LogP contribution is -2.43. The SMILES string of the molecule is CC(C)N1C(=O)COc2c(F)cc(-c3nc(Cc4ccc(C5CCN(C)CC5)c(F)n4)ncc3F)cc21. The maximum atomic E-state index is 14.9. The fraction of sp³-hybridized carbons (Fsp3) is 0.407. The molecule has 0 radical (unpaired) electrons. The first-order valence-electron chi connectivity index (χ1n) is 12.3. The normalized spacial score (nSPS) is 16.7. The molecule has 194 valence electrons. The zero-order valence-corrected chi connectivity index (χ0v) is 21.0. The summed E-state index contributed by atoms with van der Waals surface area (Å²) in [4.78, 5) is 28.5. The van der Waals surface area contributed by atoms with Gasteiger partial charge in [-0.1, -0.05) is 6.07 Å². The first-order chi connectivity index (χ1) is 17.7. The molecule has 0 atom stereocenters. The van der Waals surface area contributed by atoms with E-state index in [1.807, 2.05) is 0 Å². The average Bonchev–Trinajstić information content (AvgIpc) is 2.85. The zero-order chi connectivity index (χ0) is 26.3. The van der Waals surface area contributed by atoms with Gasteiger partial charge in [-0.3, -0.25) is 4.79 Å². The van der Waals surface area contributed by atoms with Crippen LogP contribution in [0.4, 0.5) is 18.9 Å². The Kier molecular flexibility index (Phi) is 6.85. The number of amides is 1. The molecule has 0 saturated carbocycles. The van der Waals surface area contributed by atoms with Gasteiger partial charge in [0.1, 0.15) is 11.5 Å². The number of carbonyl (C=O) groups excluding carboxylic acids is 1. The van der Waals surface area contributed by atoms with Crippen LogP contribution in [0.25, 0.3) is 11.3 Å². The minimum atomic E-state index is -0.751. The molecule has 37 heavy (non-hydrogen) atoms. The molecular weight excluding hydrogens is 483 g/mol. The standard InChI is InChI=1S/C27H28F3N5O2/c1-15(2)35-22-11-17(10-20(28)26(22)37-14-24(35)36)25-21(29)13-31-23(33-25)12-18-4-5-19(27(30)32-18)16-6-8-34(3)9-7-16/h4-5,10-11,13,15-16H,6-9,12,14H2,1-3H3. The molecule has 4 heterocycles. The second-order valence-electron chi connectivity index (χ2n) is 9.87. The van der Waals surface area contributed by atoms with Crippen molar-refractivity contribution in [3.8, 4) is 17.0 Å². The maximum absolute atomic E-state index is 14.9. The number of rotatable bonds is 5. The minimum Gasteiger partial charge on any atom is -0.478 e. The van der Waals surface area contributed by atoms with Gasteiger partial charge in [-0.05, 0) is 70.9 Å². The molecule has 3 aromatic rings. The number of halogens is 3. The van der Waals surface area contributed by atoms with Crippen LogP contribution in [0.1, 0.15) is 49.7 Å². The van der Waals surface area contributed by atoms with Crippen molar-refractivity contribution in [2.45, 2.75) is 45.1 Å². The number of benzene rings is 1. The summed E-state index contributed by atoms with van der Waals surface area (Å²) in [5.41, 5.74) is 1.24. The van der Waals surface area contributed by atoms with Crippen LogP contribution in [0.5, 0.6) is 5.75 Å². The summed E-state index contributed by atoms with van der Waals surface area (Å²) in [6.45, 7) is 5.15. The molecule has 2 aliphatic heterocycles. The topological polar surface area (TPSA) is 71.5 Å². The van der Waals surface area contributed by atoms with Crippen LogP contribution < -0.4 is 9.64 Å². The number of anilines is 1. The molecule has 0 aliphatic carbocycles. The van der Waals surface area contributed by atoms with Gasteiger partial charge >= 0.3 is 0 Å². The van der Waals surface area contributed by atoms with Gasteiger partial charge in [0, 0.05) is 17.2 Å². The van der Waals surface area contributed by atoms with Gasteiger partial charge in [0.2, 0.25) is 5.95 Å². The third-order valence-corrected chi connectivity index (χ3v) is 6.91. The number of nitrogens with zero attached hydrogens (tertiary/aromatic N) is 5. The monoisotopic (exact) mass is 511 g/mol. The van der Waals surface area contributed by atoms with E-state index < -0.39 is 17.6 Å². The Morgan fingerprint density at radius 1 is 1.08 bits per heavy atom. The molecule has 2 aliphatic rings. The van der Waals surface area contributed by atoms with E-state index in [9.17, 15) is 18.0 Å². The Balaban J connectivity index is 1.43. The van der Waals surface area contributed by atoms with Gasteiger partial charge in [0.15, 0.2) is 24.0 Å². The van der Waals surface area contributed by atoms with Crippen molar-refractivity contribution in [1.29, 1.82) is 0 Å². The summed E-state index contributed by atoms with van der Waals surface area (Å²) in [6.07, 6.45) is 2.83. The molecular formula is C27H28F3N5O2. The van der Waals surface area contributed by atoms with Crippen molar-refractivity contribution in [1.82, 2.24) is 19.9 Å². The highest BCUT2D eigenvalue weighted by Crippen LogP contribution is 2.39. The van der Waals surface area contributed by atoms with Crippen molar-refractivity contribution in [2.75, 3.05) is 31.6 Å². The van der Waals surface area contributed by atoms with Crippen LogP contribution in [0.15, 0.2) is 30.5 Å². The molecule has 7 nitrogen and oxygen atoms in total. The predicted molar refractivity (Wildman–Crippen MR) is 132 cm³/mol. The highest BCUT2D eigenvalue weighted by atomic mass is 19.1. The number of carbonyl (C=O) groups is 1. The van der Waals surface area contributed by atoms with Gasteiger partial charge in [0.25, 0.3) is 5.91 Å². The van der Waals surface area contributed by atoms with E-state index in [-0.39, 0.29) is 59.4 Å². The Bertz CT molecular complexity index is 1340. The van der Waals surface area contributed by atoms with Gasteiger partial charge in [-0.2, -0.15) is 4.39 Å². The largest absolute Gasteiger partial charge is 0.478 e. The van der Waals surface area contributed by atoms with Crippen LogP contribution >= 0.6 is 0 Å². The summed E-state index contributed by atoms with van der Waals surface area (Å²) >= 11 is 0. The van der Waals surface area contributed by atoms with E-state index in [0.29, 0.717) is 11.3 Å². The molecule has 1 saturated heterocycles. The summed E-state index contributed by atoms with van der Waals surface area (Å²) in [5.74, 6) is -2.02. The summed E-state index contributed by atoms with van der Waals surface area (Å²) < 4.78 is 49.9. The molecule has 0 spiro atoms. The van der Waals surface area contributed by atoms with Crippen LogP contribution in [-0.2, 0) is 11.2 Å². The van der Waals surface area contributed by atoms with Crippen LogP contribution in [0, 0.1) is 17.6 Å². The molecule has 0 N–H and O–H groups in total. The number of pyridine rings is 1. The molecule has 0 bridgehead atoms. The third-order valence-electron chi connectivity index (χ3n) is 6.91. The minimum absolute atomic E-state index is 0.0592. The fourth-order valence-corrected chi connectivity index (χ4v) is 5.00. The maximum Gasteiger partial charge on any atom is 0.265 e. The lowest BCUT2D eigenvalue weighted by molar-refractivity contribution is -0.121. The van der Waals surface area contributed by atoms with Gasteiger partial charge < -0.3 is 14.5 Å². The number of likely N-dealkylation sites (tertiary alicyclic amines) is 1. The number of ether oxygens (including phenoxy) is 1. The number of hydrogen-bond donors (Lipinski definition) is 0. The Morgan fingerprint density at radius 3 is 2.54 bits per heavy atom. The van der Waals surface area contributed by atoms with Crippen molar-refractivity contribution in [3.63, 3.8) is 0 Å². The van der Waals surface area contributed by atoms with Crippen molar-refractivity contribution < 1.29 is 22.7 Å². The smallest absolute Gasteiger partial charge is 0.265 e. The summed E-state index contributed by atoms with van der Waals surface area (Å²) in [7, 11) is 2.05. The molecule has 0 unspecified atom stereocenters. The highest BCUT2D eigenvalue weighted by Gasteiger charge is 2.31. The second kappa shape index (κ2) is 10.1. The van der Waals surface area contributed by atoms with E-state index in [0.717, 1.165) is 38.2 Å². The summed E-state index contributed by atoms with van der Waals surface area (Å²) in [6, 6.07) is 5.85. The molecule has 1 fully saturated rings. The van der Waals surface area contributed by atoms with E-state index in [4.69, 9.17) is 4.74 Å². The predicted octanol–water partition coefficient (Wildman–Crippen LogP) is 4.49. The molecule has 2 aromatic heterocycles. The van der Waals surface area contributed by atoms with E-state index in [2.05, 4.69) is 26.9 Å². The zero-order valence-electron chi connectivity index (χ0n) is 21.0. The van der Waals surface area contributed by atoms with Gasteiger partial charge in [-0.15, -0.1) is 0 Å².